The Labute approximate surface area is 186 Å². The van der Waals surface area contributed by atoms with Crippen LogP contribution in [0.5, 0.6) is 5.75 Å². The average Bonchev–Trinajstić information content (AvgIpc) is 2.73. The van der Waals surface area contributed by atoms with Gasteiger partial charge in [0.25, 0.3) is 0 Å². The number of aromatic carboxylic acids is 1. The smallest absolute Gasteiger partial charge is 0.336 e. The summed E-state index contributed by atoms with van der Waals surface area (Å²) in [4.78, 5) is 29.8. The summed E-state index contributed by atoms with van der Waals surface area (Å²) < 4.78 is 6.04. The van der Waals surface area contributed by atoms with Crippen LogP contribution in [0.4, 0.5) is 11.4 Å². The minimum Gasteiger partial charge on any atom is -0.487 e. The molecule has 2 N–H and O–H groups in total. The SMILES string of the molecule is Cc1ccc(C(=O)O)c(C)c1N1CC(Oc2ccc(NC(=O)Cc3cccnc3)cc2)C1. The van der Waals surface area contributed by atoms with Crippen molar-refractivity contribution in [3.05, 3.63) is 83.2 Å². The van der Waals surface area contributed by atoms with Crippen molar-refractivity contribution in [3.63, 3.8) is 0 Å². The van der Waals surface area contributed by atoms with E-state index in [0.717, 1.165) is 28.1 Å². The zero-order valence-electron chi connectivity index (χ0n) is 18.0. The first kappa shape index (κ1) is 21.4. The number of rotatable bonds is 7. The fourth-order valence-corrected chi connectivity index (χ4v) is 3.95. The van der Waals surface area contributed by atoms with Crippen molar-refractivity contribution >= 4 is 23.3 Å². The third-order valence-electron chi connectivity index (χ3n) is 5.56. The molecule has 2 heterocycles. The van der Waals surface area contributed by atoms with Crippen LogP contribution in [0, 0.1) is 13.8 Å². The first-order chi connectivity index (χ1) is 15.4. The van der Waals surface area contributed by atoms with Crippen molar-refractivity contribution in [3.8, 4) is 5.75 Å². The number of anilines is 2. The quantitative estimate of drug-likeness (QED) is 0.591. The van der Waals surface area contributed by atoms with E-state index < -0.39 is 5.97 Å². The van der Waals surface area contributed by atoms with Gasteiger partial charge in [0.05, 0.1) is 25.1 Å². The maximum absolute atomic E-state index is 12.2. The molecule has 1 saturated heterocycles. The van der Waals surface area contributed by atoms with Gasteiger partial charge >= 0.3 is 5.97 Å². The summed E-state index contributed by atoms with van der Waals surface area (Å²) in [6.45, 7) is 5.22. The number of nitrogens with zero attached hydrogens (tertiary/aromatic N) is 2. The molecule has 4 rings (SSSR count). The van der Waals surface area contributed by atoms with Crippen LogP contribution in [0.1, 0.15) is 27.0 Å². The van der Waals surface area contributed by atoms with Crippen molar-refractivity contribution in [1.29, 1.82) is 0 Å². The predicted molar refractivity (Wildman–Crippen MR) is 123 cm³/mol. The lowest BCUT2D eigenvalue weighted by Gasteiger charge is -2.42. The predicted octanol–water partition coefficient (Wildman–Crippen LogP) is 3.85. The number of pyridine rings is 1. The Bertz CT molecular complexity index is 1120. The van der Waals surface area contributed by atoms with Gasteiger partial charge in [0.15, 0.2) is 0 Å². The molecule has 0 atom stereocenters. The summed E-state index contributed by atoms with van der Waals surface area (Å²) in [5, 5.41) is 12.3. The molecule has 0 bridgehead atoms. The molecular formula is C25H25N3O4. The van der Waals surface area contributed by atoms with Gasteiger partial charge in [-0.05, 0) is 66.9 Å². The number of ether oxygens (including phenoxy) is 1. The number of hydrogen-bond donors (Lipinski definition) is 2. The van der Waals surface area contributed by atoms with Crippen molar-refractivity contribution in [2.45, 2.75) is 26.4 Å². The minimum atomic E-state index is -0.912. The number of amides is 1. The number of carboxylic acid groups (broad SMARTS) is 1. The number of aromatic nitrogens is 1. The highest BCUT2D eigenvalue weighted by Gasteiger charge is 2.31. The molecule has 1 aromatic heterocycles. The molecular weight excluding hydrogens is 406 g/mol. The van der Waals surface area contributed by atoms with Gasteiger partial charge in [0, 0.05) is 23.8 Å². The second-order valence-corrected chi connectivity index (χ2v) is 7.96. The molecule has 1 aliphatic heterocycles. The third-order valence-corrected chi connectivity index (χ3v) is 5.56. The summed E-state index contributed by atoms with van der Waals surface area (Å²) in [6, 6.07) is 14.5. The van der Waals surface area contributed by atoms with E-state index in [0.29, 0.717) is 24.3 Å². The lowest BCUT2D eigenvalue weighted by Crippen LogP contribution is -2.54. The van der Waals surface area contributed by atoms with Crippen LogP contribution in [-0.2, 0) is 11.2 Å². The minimum absolute atomic E-state index is 0.0216. The number of benzene rings is 2. The summed E-state index contributed by atoms with van der Waals surface area (Å²) in [5.41, 5.74) is 4.70. The van der Waals surface area contributed by atoms with Gasteiger partial charge < -0.3 is 20.1 Å². The molecule has 3 aromatic rings. The maximum atomic E-state index is 12.2. The molecule has 7 heteroatoms. The summed E-state index contributed by atoms with van der Waals surface area (Å²) in [6.07, 6.45) is 3.65. The van der Waals surface area contributed by atoms with Crippen molar-refractivity contribution < 1.29 is 19.4 Å². The zero-order valence-corrected chi connectivity index (χ0v) is 18.0. The van der Waals surface area contributed by atoms with Gasteiger partial charge in [-0.15, -0.1) is 0 Å². The van der Waals surface area contributed by atoms with Crippen LogP contribution in [0.15, 0.2) is 60.9 Å². The number of carboxylic acids is 1. The van der Waals surface area contributed by atoms with Crippen LogP contribution in [0.2, 0.25) is 0 Å². The van der Waals surface area contributed by atoms with Crippen LogP contribution >= 0.6 is 0 Å². The Hall–Kier alpha value is -3.87. The fourth-order valence-electron chi connectivity index (χ4n) is 3.95. The second-order valence-electron chi connectivity index (χ2n) is 7.96. The Morgan fingerprint density at radius 2 is 1.88 bits per heavy atom. The van der Waals surface area contributed by atoms with Gasteiger partial charge in [-0.3, -0.25) is 9.78 Å². The first-order valence-corrected chi connectivity index (χ1v) is 10.4. The first-order valence-electron chi connectivity index (χ1n) is 10.4. The highest BCUT2D eigenvalue weighted by atomic mass is 16.5. The number of aryl methyl sites for hydroxylation is 1. The largest absolute Gasteiger partial charge is 0.487 e. The Morgan fingerprint density at radius 1 is 1.12 bits per heavy atom. The van der Waals surface area contributed by atoms with E-state index in [1.54, 1.807) is 18.5 Å². The van der Waals surface area contributed by atoms with E-state index in [-0.39, 0.29) is 18.4 Å². The van der Waals surface area contributed by atoms with Crippen LogP contribution in [0.25, 0.3) is 0 Å². The van der Waals surface area contributed by atoms with E-state index in [4.69, 9.17) is 4.74 Å². The molecule has 0 unspecified atom stereocenters. The highest BCUT2D eigenvalue weighted by Crippen LogP contribution is 2.32. The van der Waals surface area contributed by atoms with E-state index in [2.05, 4.69) is 15.2 Å². The van der Waals surface area contributed by atoms with E-state index in [1.807, 2.05) is 56.3 Å². The zero-order chi connectivity index (χ0) is 22.7. The van der Waals surface area contributed by atoms with Crippen LogP contribution in [0.3, 0.4) is 0 Å². The van der Waals surface area contributed by atoms with Gasteiger partial charge in [-0.2, -0.15) is 0 Å². The standard InChI is InChI=1S/C25H25N3O4/c1-16-5-10-22(25(30)31)17(2)24(16)28-14-21(15-28)32-20-8-6-19(7-9-20)27-23(29)12-18-4-3-11-26-13-18/h3-11,13,21H,12,14-15H2,1-2H3,(H,27,29)(H,30,31). The van der Waals surface area contributed by atoms with Crippen molar-refractivity contribution in [1.82, 2.24) is 4.98 Å². The Kier molecular flexibility index (Phi) is 6.07. The molecule has 7 nitrogen and oxygen atoms in total. The molecule has 0 spiro atoms. The number of carbonyl (C=O) groups excluding carboxylic acids is 1. The third kappa shape index (κ3) is 4.72. The molecule has 0 saturated carbocycles. The normalized spacial score (nSPS) is 13.4. The van der Waals surface area contributed by atoms with E-state index in [9.17, 15) is 14.7 Å². The molecule has 0 aliphatic carbocycles. The van der Waals surface area contributed by atoms with Gasteiger partial charge in [0.2, 0.25) is 5.91 Å². The van der Waals surface area contributed by atoms with Crippen LogP contribution in [-0.4, -0.2) is 41.2 Å². The average molecular weight is 431 g/mol. The molecule has 2 aromatic carbocycles. The second kappa shape index (κ2) is 9.09. The summed E-state index contributed by atoms with van der Waals surface area (Å²) in [7, 11) is 0. The maximum Gasteiger partial charge on any atom is 0.336 e. The molecule has 0 radical (unpaired) electrons. The molecule has 1 aliphatic rings. The number of nitrogens with one attached hydrogen (secondary N) is 1. The molecule has 1 fully saturated rings. The van der Waals surface area contributed by atoms with Crippen molar-refractivity contribution in [2.24, 2.45) is 0 Å². The fraction of sp³-hybridized carbons (Fsp3) is 0.240. The number of carbonyl (C=O) groups is 2. The Balaban J connectivity index is 1.31. The Morgan fingerprint density at radius 3 is 2.53 bits per heavy atom. The van der Waals surface area contributed by atoms with Crippen molar-refractivity contribution in [2.75, 3.05) is 23.3 Å². The van der Waals surface area contributed by atoms with E-state index >= 15 is 0 Å². The van der Waals surface area contributed by atoms with Crippen LogP contribution < -0.4 is 15.0 Å². The molecule has 32 heavy (non-hydrogen) atoms. The number of hydrogen-bond acceptors (Lipinski definition) is 5. The summed E-state index contributed by atoms with van der Waals surface area (Å²) in [5.74, 6) is -0.284. The van der Waals surface area contributed by atoms with Gasteiger partial charge in [0.1, 0.15) is 11.9 Å². The van der Waals surface area contributed by atoms with Gasteiger partial charge in [-0.25, -0.2) is 4.79 Å². The lowest BCUT2D eigenvalue weighted by atomic mass is 9.98. The monoisotopic (exact) mass is 431 g/mol. The molecule has 164 valence electrons. The van der Waals surface area contributed by atoms with E-state index in [1.165, 1.54) is 0 Å². The summed E-state index contributed by atoms with van der Waals surface area (Å²) >= 11 is 0. The lowest BCUT2D eigenvalue weighted by molar-refractivity contribution is -0.115. The molecule has 1 amide bonds. The topological polar surface area (TPSA) is 91.8 Å². The highest BCUT2D eigenvalue weighted by molar-refractivity contribution is 5.92. The van der Waals surface area contributed by atoms with Gasteiger partial charge in [-0.1, -0.05) is 12.1 Å².